The van der Waals surface area contributed by atoms with Crippen molar-refractivity contribution >= 4 is 48.8 Å². The van der Waals surface area contributed by atoms with Gasteiger partial charge in [-0.1, -0.05) is 23.2 Å². The Morgan fingerprint density at radius 2 is 1.90 bits per heavy atom. The maximum atomic E-state index is 11.2. The average Bonchev–Trinajstić information content (AvgIpc) is 2.34. The Bertz CT molecular complexity index is 647. The molecule has 0 atom stereocenters. The van der Waals surface area contributed by atoms with Gasteiger partial charge in [0.15, 0.2) is 12.4 Å². The number of benzene rings is 1. The number of nitrogens with zero attached hydrogens (tertiary/aromatic N) is 1. The molecule has 1 N–H and O–H groups in total. The molecule has 0 aliphatic rings. The summed E-state index contributed by atoms with van der Waals surface area (Å²) in [5.74, 6) is -0.600. The fourth-order valence-corrected chi connectivity index (χ4v) is 2.65. The Balaban J connectivity index is 2.88. The Kier molecular flexibility index (Phi) is 5.89. The molecule has 0 aromatic heterocycles. The molecule has 0 unspecified atom stereocenters. The Labute approximate surface area is 129 Å². The summed E-state index contributed by atoms with van der Waals surface area (Å²) in [6, 6.07) is 3.83. The zero-order valence-electron chi connectivity index (χ0n) is 9.69. The van der Waals surface area contributed by atoms with E-state index in [4.69, 9.17) is 43.9 Å². The maximum absolute atomic E-state index is 11.2. The molecule has 0 fully saturated rings. The summed E-state index contributed by atoms with van der Waals surface area (Å²) in [7, 11) is 1.18. The van der Waals surface area contributed by atoms with Gasteiger partial charge < -0.3 is 10.1 Å². The lowest BCUT2D eigenvalue weighted by Crippen LogP contribution is -2.29. The molecule has 1 rings (SSSR count). The largest absolute Gasteiger partial charge is 0.481 e. The summed E-state index contributed by atoms with van der Waals surface area (Å²) in [6.45, 7) is -0.582. The summed E-state index contributed by atoms with van der Waals surface area (Å²) in [4.78, 5) is 11.0. The van der Waals surface area contributed by atoms with E-state index < -0.39 is 21.6 Å². The van der Waals surface area contributed by atoms with E-state index in [1.165, 1.54) is 0 Å². The second kappa shape index (κ2) is 6.99. The molecule has 0 aliphatic heterocycles. The summed E-state index contributed by atoms with van der Waals surface area (Å²) >= 11 is 11.6. The zero-order chi connectivity index (χ0) is 15.3. The first kappa shape index (κ1) is 16.9. The predicted octanol–water partition coefficient (Wildman–Crippen LogP) is 1.94. The summed E-state index contributed by atoms with van der Waals surface area (Å²) < 4.78 is 27.4. The van der Waals surface area contributed by atoms with Gasteiger partial charge in [0.05, 0.1) is 21.0 Å². The lowest BCUT2D eigenvalue weighted by Gasteiger charge is -2.10. The topological polar surface area (TPSA) is 96.3 Å². The van der Waals surface area contributed by atoms with Crippen LogP contribution in [-0.2, 0) is 13.8 Å². The van der Waals surface area contributed by atoms with Crippen molar-refractivity contribution in [1.29, 1.82) is 5.26 Å². The van der Waals surface area contributed by atoms with E-state index in [1.54, 1.807) is 6.07 Å². The van der Waals surface area contributed by atoms with Crippen molar-refractivity contribution in [3.05, 3.63) is 22.2 Å². The zero-order valence-corrected chi connectivity index (χ0v) is 12.8. The quantitative estimate of drug-likeness (QED) is 0.641. The number of carbonyl (C=O) groups is 1. The highest BCUT2D eigenvalue weighted by Gasteiger charge is 2.17. The van der Waals surface area contributed by atoms with E-state index in [9.17, 15) is 13.2 Å². The number of carbonyl (C=O) groups excluding carboxylic acids is 1. The molecular formula is C10H7Cl3N2O4S. The first-order chi connectivity index (χ1) is 9.25. The molecule has 1 aromatic rings. The molecule has 1 amide bonds. The van der Waals surface area contributed by atoms with E-state index in [1.807, 2.05) is 0 Å². The van der Waals surface area contributed by atoms with E-state index in [-0.39, 0.29) is 27.2 Å². The van der Waals surface area contributed by atoms with E-state index >= 15 is 0 Å². The number of nitriles is 1. The van der Waals surface area contributed by atoms with Crippen LogP contribution >= 0.6 is 33.9 Å². The number of halogens is 3. The van der Waals surface area contributed by atoms with Gasteiger partial charge in [-0.3, -0.25) is 4.79 Å². The summed E-state index contributed by atoms with van der Waals surface area (Å²) in [6.07, 6.45) is 0. The Morgan fingerprint density at radius 3 is 2.35 bits per heavy atom. The van der Waals surface area contributed by atoms with Crippen molar-refractivity contribution in [3.8, 4) is 11.8 Å². The first-order valence-corrected chi connectivity index (χ1v) is 8.02. The highest BCUT2D eigenvalue weighted by atomic mass is 35.7. The van der Waals surface area contributed by atoms with E-state index in [2.05, 4.69) is 5.32 Å². The minimum absolute atomic E-state index is 0.0514. The molecule has 0 saturated heterocycles. The molecule has 0 spiro atoms. The molecule has 0 saturated carbocycles. The van der Waals surface area contributed by atoms with Gasteiger partial charge in [0.1, 0.15) is 6.54 Å². The third kappa shape index (κ3) is 4.72. The van der Waals surface area contributed by atoms with Crippen LogP contribution in [0.1, 0.15) is 0 Å². The van der Waals surface area contributed by atoms with Crippen molar-refractivity contribution < 1.29 is 17.9 Å². The Morgan fingerprint density at radius 1 is 1.35 bits per heavy atom. The molecule has 0 heterocycles. The minimum Gasteiger partial charge on any atom is -0.481 e. The SMILES string of the molecule is N#CCNC(=O)COc1c(Cl)cc(S(=O)(=O)Cl)cc1Cl. The van der Waals surface area contributed by atoms with Crippen LogP contribution in [0.4, 0.5) is 0 Å². The van der Waals surface area contributed by atoms with Crippen LogP contribution in [0.15, 0.2) is 17.0 Å². The highest BCUT2D eigenvalue weighted by Crippen LogP contribution is 2.36. The number of rotatable bonds is 5. The van der Waals surface area contributed by atoms with Crippen LogP contribution in [0.2, 0.25) is 10.0 Å². The lowest BCUT2D eigenvalue weighted by molar-refractivity contribution is -0.122. The summed E-state index contributed by atoms with van der Waals surface area (Å²) in [5.41, 5.74) is 0. The number of amides is 1. The van der Waals surface area contributed by atoms with Gasteiger partial charge in [0.25, 0.3) is 15.0 Å². The molecule has 10 heteroatoms. The number of hydrogen-bond acceptors (Lipinski definition) is 5. The third-order valence-electron chi connectivity index (χ3n) is 1.97. The van der Waals surface area contributed by atoms with Gasteiger partial charge in [0, 0.05) is 10.7 Å². The average molecular weight is 358 g/mol. The molecule has 0 aliphatic carbocycles. The van der Waals surface area contributed by atoms with Crippen molar-refractivity contribution in [2.24, 2.45) is 0 Å². The third-order valence-corrected chi connectivity index (χ3v) is 3.86. The molecule has 0 radical (unpaired) electrons. The lowest BCUT2D eigenvalue weighted by atomic mass is 10.3. The van der Waals surface area contributed by atoms with Crippen molar-refractivity contribution in [1.82, 2.24) is 5.32 Å². The van der Waals surface area contributed by atoms with Gasteiger partial charge in [-0.2, -0.15) is 5.26 Å². The molecule has 1 aromatic carbocycles. The Hall–Kier alpha value is -1.20. The molecule has 108 valence electrons. The normalized spacial score (nSPS) is 10.7. The van der Waals surface area contributed by atoms with Crippen molar-refractivity contribution in [2.75, 3.05) is 13.2 Å². The van der Waals surface area contributed by atoms with Crippen LogP contribution in [0.25, 0.3) is 0 Å². The fourth-order valence-electron chi connectivity index (χ4n) is 1.14. The molecular weight excluding hydrogens is 351 g/mol. The molecule has 20 heavy (non-hydrogen) atoms. The van der Waals surface area contributed by atoms with Gasteiger partial charge in [-0.05, 0) is 12.1 Å². The van der Waals surface area contributed by atoms with Gasteiger partial charge in [0.2, 0.25) is 0 Å². The van der Waals surface area contributed by atoms with E-state index in [0.29, 0.717) is 0 Å². The fraction of sp³-hybridized carbons (Fsp3) is 0.200. The van der Waals surface area contributed by atoms with Gasteiger partial charge >= 0.3 is 0 Å². The number of ether oxygens (including phenoxy) is 1. The summed E-state index contributed by atoms with van der Waals surface area (Å²) in [5, 5.41) is 10.3. The second-order valence-electron chi connectivity index (χ2n) is 3.38. The standard InChI is InChI=1S/C10H7Cl3N2O4S/c11-7-3-6(20(13,17)18)4-8(12)10(7)19-5-9(16)15-2-1-14/h3-4H,2,5H2,(H,15,16). The minimum atomic E-state index is -3.98. The van der Waals surface area contributed by atoms with Crippen molar-refractivity contribution in [2.45, 2.75) is 4.90 Å². The number of hydrogen-bond donors (Lipinski definition) is 1. The van der Waals surface area contributed by atoms with Crippen LogP contribution in [0.3, 0.4) is 0 Å². The van der Waals surface area contributed by atoms with E-state index in [0.717, 1.165) is 12.1 Å². The van der Waals surface area contributed by atoms with Crippen LogP contribution in [0, 0.1) is 11.3 Å². The maximum Gasteiger partial charge on any atom is 0.261 e. The van der Waals surface area contributed by atoms with Gasteiger partial charge in [-0.25, -0.2) is 8.42 Å². The monoisotopic (exact) mass is 356 g/mol. The second-order valence-corrected chi connectivity index (χ2v) is 6.76. The van der Waals surface area contributed by atoms with Crippen molar-refractivity contribution in [3.63, 3.8) is 0 Å². The van der Waals surface area contributed by atoms with Crippen LogP contribution in [0.5, 0.6) is 5.75 Å². The van der Waals surface area contributed by atoms with Crippen LogP contribution in [-0.4, -0.2) is 27.5 Å². The van der Waals surface area contributed by atoms with Gasteiger partial charge in [-0.15, -0.1) is 0 Å². The predicted molar refractivity (Wildman–Crippen MR) is 73.6 cm³/mol. The van der Waals surface area contributed by atoms with Crippen LogP contribution < -0.4 is 10.1 Å². The molecule has 0 bridgehead atoms. The highest BCUT2D eigenvalue weighted by molar-refractivity contribution is 8.13. The first-order valence-electron chi connectivity index (χ1n) is 4.96. The smallest absolute Gasteiger partial charge is 0.261 e. The number of nitrogens with one attached hydrogen (secondary N) is 1. The molecule has 6 nitrogen and oxygen atoms in total.